The zero-order chi connectivity index (χ0) is 13.8. The Balaban J connectivity index is 3.88. The molecule has 0 aromatic carbocycles. The van der Waals surface area contributed by atoms with Crippen LogP contribution < -0.4 is 5.73 Å². The molecule has 0 aliphatic heterocycles. The number of hydrogen-bond donors (Lipinski definition) is 4. The molecule has 0 bridgehead atoms. The third-order valence-corrected chi connectivity index (χ3v) is 2.36. The average Bonchev–Trinajstić information content (AvgIpc) is 2.39. The topological polar surface area (TPSA) is 105 Å². The van der Waals surface area contributed by atoms with Crippen LogP contribution in [0.25, 0.3) is 0 Å². The van der Waals surface area contributed by atoms with Crippen LogP contribution in [0.4, 0.5) is 0 Å². The van der Waals surface area contributed by atoms with E-state index in [0.29, 0.717) is 13.2 Å². The smallest absolute Gasteiger partial charge is 0.186 e. The molecule has 6 nitrogen and oxygen atoms in total. The van der Waals surface area contributed by atoms with E-state index in [-0.39, 0.29) is 6.61 Å². The van der Waals surface area contributed by atoms with E-state index in [1.807, 2.05) is 0 Å². The molecule has 0 rings (SSSR count). The highest BCUT2D eigenvalue weighted by molar-refractivity contribution is 4.94. The van der Waals surface area contributed by atoms with Crippen molar-refractivity contribution in [3.63, 3.8) is 0 Å². The van der Waals surface area contributed by atoms with Crippen molar-refractivity contribution in [3.05, 3.63) is 12.2 Å². The third-order valence-electron chi connectivity index (χ3n) is 2.36. The van der Waals surface area contributed by atoms with Gasteiger partial charge in [-0.25, -0.2) is 0 Å². The van der Waals surface area contributed by atoms with Crippen molar-refractivity contribution in [1.82, 2.24) is 0 Å². The molecule has 0 amide bonds. The molecule has 0 spiro atoms. The van der Waals surface area contributed by atoms with E-state index in [9.17, 15) is 5.11 Å². The van der Waals surface area contributed by atoms with Crippen molar-refractivity contribution in [2.75, 3.05) is 26.9 Å². The van der Waals surface area contributed by atoms with Crippen molar-refractivity contribution >= 4 is 0 Å². The Hall–Kier alpha value is -0.500. The van der Waals surface area contributed by atoms with Gasteiger partial charge >= 0.3 is 0 Å². The van der Waals surface area contributed by atoms with E-state index < -0.39 is 18.5 Å². The van der Waals surface area contributed by atoms with Gasteiger partial charge in [-0.15, -0.1) is 0 Å². The summed E-state index contributed by atoms with van der Waals surface area (Å²) in [5.41, 5.74) is 5.37. The van der Waals surface area contributed by atoms with Gasteiger partial charge in [-0.3, -0.25) is 0 Å². The summed E-state index contributed by atoms with van der Waals surface area (Å²) < 4.78 is 10.3. The van der Waals surface area contributed by atoms with Crippen LogP contribution >= 0.6 is 0 Å². The summed E-state index contributed by atoms with van der Waals surface area (Å²) in [6.45, 7) is 0.755. The lowest BCUT2D eigenvalue weighted by molar-refractivity contribution is -0.167. The van der Waals surface area contributed by atoms with Gasteiger partial charge in [-0.05, 0) is 25.8 Å². The molecule has 5 N–H and O–H groups in total. The predicted molar refractivity (Wildman–Crippen MR) is 67.9 cm³/mol. The zero-order valence-corrected chi connectivity index (χ0v) is 10.9. The molecule has 3 atom stereocenters. The van der Waals surface area contributed by atoms with Crippen LogP contribution in [0.2, 0.25) is 0 Å². The highest BCUT2D eigenvalue weighted by Gasteiger charge is 2.16. The van der Waals surface area contributed by atoms with Crippen LogP contribution in [0.3, 0.4) is 0 Å². The lowest BCUT2D eigenvalue weighted by atomic mass is 10.2. The second-order valence-electron chi connectivity index (χ2n) is 3.95. The van der Waals surface area contributed by atoms with Gasteiger partial charge in [0.05, 0.1) is 12.7 Å². The monoisotopic (exact) mass is 263 g/mol. The maximum atomic E-state index is 9.71. The van der Waals surface area contributed by atoms with Gasteiger partial charge in [0.2, 0.25) is 0 Å². The van der Waals surface area contributed by atoms with Gasteiger partial charge in [0, 0.05) is 13.7 Å². The van der Waals surface area contributed by atoms with Crippen LogP contribution in [0.15, 0.2) is 12.2 Å². The van der Waals surface area contributed by atoms with Crippen LogP contribution in [0, 0.1) is 0 Å². The summed E-state index contributed by atoms with van der Waals surface area (Å²) in [6.07, 6.45) is 2.68. The largest absolute Gasteiger partial charge is 0.393 e. The van der Waals surface area contributed by atoms with E-state index in [4.69, 9.17) is 25.4 Å². The first-order valence-corrected chi connectivity index (χ1v) is 6.15. The van der Waals surface area contributed by atoms with Gasteiger partial charge < -0.3 is 30.5 Å². The lowest BCUT2D eigenvalue weighted by Crippen LogP contribution is -2.30. The molecule has 0 aromatic rings. The quantitative estimate of drug-likeness (QED) is 0.225. The van der Waals surface area contributed by atoms with Crippen LogP contribution in [0.5, 0.6) is 0 Å². The van der Waals surface area contributed by atoms with Crippen molar-refractivity contribution < 1.29 is 24.8 Å². The molecule has 0 fully saturated rings. The number of unbranched alkanes of at least 4 members (excludes halogenated alkanes) is 2. The average molecular weight is 263 g/mol. The normalized spacial score (nSPS) is 16.9. The van der Waals surface area contributed by atoms with E-state index in [0.717, 1.165) is 19.3 Å². The first kappa shape index (κ1) is 17.5. The summed E-state index contributed by atoms with van der Waals surface area (Å²) in [5.74, 6) is 0. The Morgan fingerprint density at radius 3 is 2.44 bits per heavy atom. The fourth-order valence-electron chi connectivity index (χ4n) is 1.32. The second kappa shape index (κ2) is 11.6. The fraction of sp³-hybridized carbons (Fsp3) is 0.833. The standard InChI is InChI=1S/C12H25NO5/c1-17-12(18-8-4-2-3-7-13)11(16)6-5-10(15)9-14/h5-6,10-12,14-16H,2-4,7-9,13H2,1H3/b6-5+/t10-,11?,12?/m0/s1. The van der Waals surface area contributed by atoms with Crippen molar-refractivity contribution in [3.8, 4) is 0 Å². The molecule has 2 unspecified atom stereocenters. The van der Waals surface area contributed by atoms with Crippen molar-refractivity contribution in [2.45, 2.75) is 37.8 Å². The Morgan fingerprint density at radius 2 is 1.89 bits per heavy atom. The predicted octanol–water partition coefficient (Wildman–Crippen LogP) is -0.625. The minimum atomic E-state index is -0.985. The number of aliphatic hydroxyl groups is 3. The number of methoxy groups -OCH3 is 1. The zero-order valence-electron chi connectivity index (χ0n) is 10.9. The maximum absolute atomic E-state index is 9.71. The highest BCUT2D eigenvalue weighted by atomic mass is 16.7. The van der Waals surface area contributed by atoms with Crippen molar-refractivity contribution in [2.24, 2.45) is 5.73 Å². The van der Waals surface area contributed by atoms with E-state index in [1.54, 1.807) is 0 Å². The van der Waals surface area contributed by atoms with Gasteiger partial charge in [-0.1, -0.05) is 12.2 Å². The Morgan fingerprint density at radius 1 is 1.17 bits per heavy atom. The second-order valence-corrected chi connectivity index (χ2v) is 3.95. The summed E-state index contributed by atoms with van der Waals surface area (Å²) >= 11 is 0. The molecule has 18 heavy (non-hydrogen) atoms. The number of nitrogens with two attached hydrogens (primary N) is 1. The molecule has 0 aliphatic carbocycles. The van der Waals surface area contributed by atoms with Gasteiger partial charge in [0.25, 0.3) is 0 Å². The van der Waals surface area contributed by atoms with Gasteiger partial charge in [0.15, 0.2) is 6.29 Å². The Bertz CT molecular complexity index is 213. The van der Waals surface area contributed by atoms with E-state index in [1.165, 1.54) is 19.3 Å². The number of ether oxygens (including phenoxy) is 2. The minimum Gasteiger partial charge on any atom is -0.393 e. The minimum absolute atomic E-state index is 0.388. The van der Waals surface area contributed by atoms with E-state index >= 15 is 0 Å². The highest BCUT2D eigenvalue weighted by Crippen LogP contribution is 2.05. The first-order chi connectivity index (χ1) is 8.65. The van der Waals surface area contributed by atoms with Gasteiger partial charge in [0.1, 0.15) is 6.10 Å². The molecule has 0 heterocycles. The SMILES string of the molecule is COC(OCCCCCN)C(O)/C=C/[C@H](O)CO. The molecule has 6 heteroatoms. The molecule has 0 aliphatic rings. The molecular formula is C12H25NO5. The van der Waals surface area contributed by atoms with E-state index in [2.05, 4.69) is 0 Å². The number of rotatable bonds is 11. The van der Waals surface area contributed by atoms with Crippen LogP contribution in [-0.2, 0) is 9.47 Å². The van der Waals surface area contributed by atoms with Crippen molar-refractivity contribution in [1.29, 1.82) is 0 Å². The van der Waals surface area contributed by atoms with Crippen LogP contribution in [-0.4, -0.2) is 60.7 Å². The summed E-state index contributed by atoms with van der Waals surface area (Å²) in [6, 6.07) is 0. The maximum Gasteiger partial charge on any atom is 0.186 e. The summed E-state index contributed by atoms with van der Waals surface area (Å²) in [7, 11) is 1.43. The first-order valence-electron chi connectivity index (χ1n) is 6.15. The fourth-order valence-corrected chi connectivity index (χ4v) is 1.32. The number of aliphatic hydroxyl groups excluding tert-OH is 3. The van der Waals surface area contributed by atoms with Crippen LogP contribution in [0.1, 0.15) is 19.3 Å². The molecule has 0 saturated heterocycles. The molecule has 0 radical (unpaired) electrons. The number of hydrogen-bond acceptors (Lipinski definition) is 6. The lowest BCUT2D eigenvalue weighted by Gasteiger charge is -2.19. The molecule has 108 valence electrons. The summed E-state index contributed by atoms with van der Waals surface area (Å²) in [5, 5.41) is 27.4. The van der Waals surface area contributed by atoms with Gasteiger partial charge in [-0.2, -0.15) is 0 Å². The molecule has 0 aromatic heterocycles. The molecule has 0 saturated carbocycles. The third kappa shape index (κ3) is 8.57. The summed E-state index contributed by atoms with van der Waals surface area (Å²) in [4.78, 5) is 0. The Labute approximate surface area is 108 Å². The molecular weight excluding hydrogens is 238 g/mol. The Kier molecular flexibility index (Phi) is 11.3.